The molecule has 0 unspecified atom stereocenters. The summed E-state index contributed by atoms with van der Waals surface area (Å²) >= 11 is 0. The van der Waals surface area contributed by atoms with Gasteiger partial charge in [-0.1, -0.05) is 12.1 Å². The fourth-order valence-corrected chi connectivity index (χ4v) is 6.24. The largest absolute Gasteiger partial charge is 0.372 e. The number of anilines is 1. The molecule has 0 spiro atoms. The van der Waals surface area contributed by atoms with Gasteiger partial charge < -0.3 is 9.80 Å². The molecule has 4 rings (SSSR count). The van der Waals surface area contributed by atoms with E-state index >= 15 is 0 Å². The molecular formula is C25H31F2N3O3S. The number of piperidine rings is 2. The van der Waals surface area contributed by atoms with Gasteiger partial charge in [0, 0.05) is 51.4 Å². The number of carbonyl (C=O) groups is 1. The van der Waals surface area contributed by atoms with Crippen LogP contribution in [0.4, 0.5) is 14.5 Å². The third-order valence-electron chi connectivity index (χ3n) is 6.79. The predicted octanol–water partition coefficient (Wildman–Crippen LogP) is 4.01. The second-order valence-corrected chi connectivity index (χ2v) is 11.1. The standard InChI is InChI=1S/C25H31F2N3O3S/c1-28(18-19-5-7-21(8-6-19)29-13-3-2-4-14-29)25(31)20-11-15-30(16-12-20)34(32,33)22-9-10-23(26)24(27)17-22/h5-10,17,20H,2-4,11-16,18H2,1H3. The van der Waals surface area contributed by atoms with Crippen LogP contribution < -0.4 is 4.90 Å². The van der Waals surface area contributed by atoms with Gasteiger partial charge in [-0.3, -0.25) is 4.79 Å². The number of sulfonamides is 1. The molecule has 2 aliphatic rings. The van der Waals surface area contributed by atoms with Crippen molar-refractivity contribution in [2.24, 2.45) is 5.92 Å². The van der Waals surface area contributed by atoms with Gasteiger partial charge in [-0.2, -0.15) is 4.31 Å². The number of carbonyl (C=O) groups excluding carboxylic acids is 1. The molecule has 0 radical (unpaired) electrons. The Bertz CT molecular complexity index is 1110. The number of halogens is 2. The maximum atomic E-state index is 13.5. The first kappa shape index (κ1) is 24.6. The van der Waals surface area contributed by atoms with Crippen molar-refractivity contribution in [3.05, 3.63) is 59.7 Å². The molecule has 2 heterocycles. The first-order valence-corrected chi connectivity index (χ1v) is 13.2. The van der Waals surface area contributed by atoms with Crippen molar-refractivity contribution in [3.8, 4) is 0 Å². The van der Waals surface area contributed by atoms with Gasteiger partial charge in [-0.25, -0.2) is 17.2 Å². The van der Waals surface area contributed by atoms with E-state index in [1.807, 2.05) is 0 Å². The Morgan fingerprint density at radius 2 is 1.59 bits per heavy atom. The van der Waals surface area contributed by atoms with E-state index in [0.29, 0.717) is 25.5 Å². The van der Waals surface area contributed by atoms with E-state index in [9.17, 15) is 22.0 Å². The quantitative estimate of drug-likeness (QED) is 0.613. The van der Waals surface area contributed by atoms with Gasteiger partial charge in [-0.15, -0.1) is 0 Å². The molecule has 0 N–H and O–H groups in total. The van der Waals surface area contributed by atoms with E-state index in [2.05, 4.69) is 29.2 Å². The third-order valence-corrected chi connectivity index (χ3v) is 8.68. The average Bonchev–Trinajstić information content (AvgIpc) is 2.86. The van der Waals surface area contributed by atoms with Gasteiger partial charge in [0.25, 0.3) is 0 Å². The first-order valence-electron chi connectivity index (χ1n) is 11.8. The lowest BCUT2D eigenvalue weighted by Gasteiger charge is -2.32. The van der Waals surface area contributed by atoms with Crippen molar-refractivity contribution in [2.45, 2.75) is 43.5 Å². The zero-order valence-corrected chi connectivity index (χ0v) is 20.2. The van der Waals surface area contributed by atoms with E-state index < -0.39 is 21.7 Å². The van der Waals surface area contributed by atoms with E-state index in [1.54, 1.807) is 11.9 Å². The number of amides is 1. The van der Waals surface area contributed by atoms with Crippen LogP contribution in [0.15, 0.2) is 47.4 Å². The van der Waals surface area contributed by atoms with Crippen LogP contribution in [0.5, 0.6) is 0 Å². The van der Waals surface area contributed by atoms with Crippen LogP contribution in [0.3, 0.4) is 0 Å². The minimum atomic E-state index is -3.93. The Hall–Kier alpha value is -2.52. The summed E-state index contributed by atoms with van der Waals surface area (Å²) in [4.78, 5) is 16.8. The second-order valence-electron chi connectivity index (χ2n) is 9.16. The summed E-state index contributed by atoms with van der Waals surface area (Å²) in [5.41, 5.74) is 2.27. The summed E-state index contributed by atoms with van der Waals surface area (Å²) < 4.78 is 53.5. The Balaban J connectivity index is 1.31. The molecule has 2 aliphatic heterocycles. The molecular weight excluding hydrogens is 460 g/mol. The fraction of sp³-hybridized carbons (Fsp3) is 0.480. The van der Waals surface area contributed by atoms with Crippen LogP contribution in [-0.2, 0) is 21.4 Å². The lowest BCUT2D eigenvalue weighted by atomic mass is 9.96. The Labute approximate surface area is 200 Å². The summed E-state index contributed by atoms with van der Waals surface area (Å²) in [6.45, 7) is 2.99. The summed E-state index contributed by atoms with van der Waals surface area (Å²) in [5.74, 6) is -2.57. The normalized spacial score (nSPS) is 18.1. The second kappa shape index (κ2) is 10.4. The van der Waals surface area contributed by atoms with E-state index in [1.165, 1.54) is 29.3 Å². The molecule has 0 atom stereocenters. The number of benzene rings is 2. The zero-order chi connectivity index (χ0) is 24.3. The number of nitrogens with zero attached hydrogens (tertiary/aromatic N) is 3. The first-order chi connectivity index (χ1) is 16.3. The Morgan fingerprint density at radius 3 is 2.21 bits per heavy atom. The highest BCUT2D eigenvalue weighted by molar-refractivity contribution is 7.89. The summed E-state index contributed by atoms with van der Waals surface area (Å²) in [6, 6.07) is 10.9. The van der Waals surface area contributed by atoms with E-state index in [0.717, 1.165) is 30.8 Å². The van der Waals surface area contributed by atoms with Gasteiger partial charge in [0.05, 0.1) is 4.90 Å². The van der Waals surface area contributed by atoms with E-state index in [4.69, 9.17) is 0 Å². The smallest absolute Gasteiger partial charge is 0.243 e. The molecule has 0 aromatic heterocycles. The van der Waals surface area contributed by atoms with Crippen molar-refractivity contribution in [1.29, 1.82) is 0 Å². The van der Waals surface area contributed by atoms with Gasteiger partial charge >= 0.3 is 0 Å². The minimum absolute atomic E-state index is 0.00928. The molecule has 6 nitrogen and oxygen atoms in total. The summed E-state index contributed by atoms with van der Waals surface area (Å²) in [7, 11) is -2.17. The highest BCUT2D eigenvalue weighted by Crippen LogP contribution is 2.26. The molecule has 184 valence electrons. The molecule has 2 saturated heterocycles. The van der Waals surface area contributed by atoms with Gasteiger partial charge in [-0.05, 0) is 68.0 Å². The molecule has 2 aromatic carbocycles. The van der Waals surface area contributed by atoms with Crippen molar-refractivity contribution >= 4 is 21.6 Å². The maximum absolute atomic E-state index is 13.5. The number of rotatable bonds is 6. The Kier molecular flexibility index (Phi) is 7.52. The lowest BCUT2D eigenvalue weighted by Crippen LogP contribution is -2.43. The molecule has 34 heavy (non-hydrogen) atoms. The highest BCUT2D eigenvalue weighted by Gasteiger charge is 2.33. The van der Waals surface area contributed by atoms with E-state index in [-0.39, 0.29) is 29.8 Å². The summed E-state index contributed by atoms with van der Waals surface area (Å²) in [5, 5.41) is 0. The summed E-state index contributed by atoms with van der Waals surface area (Å²) in [6.07, 6.45) is 4.51. The third kappa shape index (κ3) is 5.41. The topological polar surface area (TPSA) is 60.9 Å². The van der Waals surface area contributed by atoms with Crippen molar-refractivity contribution in [2.75, 3.05) is 38.1 Å². The van der Waals surface area contributed by atoms with Crippen molar-refractivity contribution in [1.82, 2.24) is 9.21 Å². The maximum Gasteiger partial charge on any atom is 0.243 e. The van der Waals surface area contributed by atoms with Crippen LogP contribution in [0.1, 0.15) is 37.7 Å². The van der Waals surface area contributed by atoms with Crippen molar-refractivity contribution in [3.63, 3.8) is 0 Å². The van der Waals surface area contributed by atoms with Gasteiger partial charge in [0.15, 0.2) is 11.6 Å². The van der Waals surface area contributed by atoms with Crippen LogP contribution in [0, 0.1) is 17.6 Å². The predicted molar refractivity (Wildman–Crippen MR) is 127 cm³/mol. The van der Waals surface area contributed by atoms with Gasteiger partial charge in [0.1, 0.15) is 0 Å². The fourth-order valence-electron chi connectivity index (χ4n) is 4.76. The number of hydrogen-bond donors (Lipinski definition) is 0. The SMILES string of the molecule is CN(Cc1ccc(N2CCCCC2)cc1)C(=O)C1CCN(S(=O)(=O)c2ccc(F)c(F)c2)CC1. The molecule has 1 amide bonds. The lowest BCUT2D eigenvalue weighted by molar-refractivity contribution is -0.135. The molecule has 0 aliphatic carbocycles. The Morgan fingerprint density at radius 1 is 0.941 bits per heavy atom. The molecule has 2 fully saturated rings. The molecule has 2 aromatic rings. The molecule has 9 heteroatoms. The molecule has 0 bridgehead atoms. The highest BCUT2D eigenvalue weighted by atomic mass is 32.2. The van der Waals surface area contributed by atoms with Crippen LogP contribution >= 0.6 is 0 Å². The monoisotopic (exact) mass is 491 g/mol. The average molecular weight is 492 g/mol. The van der Waals surface area contributed by atoms with Crippen LogP contribution in [0.25, 0.3) is 0 Å². The molecule has 0 saturated carbocycles. The zero-order valence-electron chi connectivity index (χ0n) is 19.4. The number of hydrogen-bond acceptors (Lipinski definition) is 4. The van der Waals surface area contributed by atoms with Crippen molar-refractivity contribution < 1.29 is 22.0 Å². The van der Waals surface area contributed by atoms with Crippen LogP contribution in [0.2, 0.25) is 0 Å². The van der Waals surface area contributed by atoms with Gasteiger partial charge in [0.2, 0.25) is 15.9 Å². The minimum Gasteiger partial charge on any atom is -0.372 e. The van der Waals surface area contributed by atoms with Crippen LogP contribution in [-0.4, -0.2) is 56.8 Å².